The van der Waals surface area contributed by atoms with Gasteiger partial charge in [-0.2, -0.15) is 8.42 Å². The van der Waals surface area contributed by atoms with Gasteiger partial charge in [0.15, 0.2) is 0 Å². The van der Waals surface area contributed by atoms with E-state index in [4.69, 9.17) is 16.3 Å². The minimum Gasteiger partial charge on any atom is -0.380 e. The minimum atomic E-state index is -3.72. The van der Waals surface area contributed by atoms with Crippen LogP contribution in [0.1, 0.15) is 6.92 Å². The Morgan fingerprint density at radius 2 is 2.17 bits per heavy atom. The number of hydrogen-bond acceptors (Lipinski definition) is 5. The highest BCUT2D eigenvalue weighted by Crippen LogP contribution is 2.23. The van der Waals surface area contributed by atoms with Crippen molar-refractivity contribution in [3.05, 3.63) is 45.5 Å². The molecule has 2 aromatic heterocycles. The molecule has 0 aliphatic carbocycles. The van der Waals surface area contributed by atoms with E-state index in [1.54, 1.807) is 23.6 Å². The first-order valence-corrected chi connectivity index (χ1v) is 10.7. The van der Waals surface area contributed by atoms with Crippen molar-refractivity contribution < 1.29 is 13.2 Å². The van der Waals surface area contributed by atoms with E-state index in [2.05, 4.69) is 4.40 Å². The van der Waals surface area contributed by atoms with Gasteiger partial charge < -0.3 is 9.30 Å². The zero-order valence-corrected chi connectivity index (χ0v) is 16.0. The quantitative estimate of drug-likeness (QED) is 0.590. The summed E-state index contributed by atoms with van der Waals surface area (Å²) in [5.74, 6) is 0. The highest BCUT2D eigenvalue weighted by atomic mass is 35.5. The van der Waals surface area contributed by atoms with Crippen LogP contribution in [-0.4, -0.2) is 26.2 Å². The molecule has 0 radical (unpaired) electrons. The van der Waals surface area contributed by atoms with Crippen LogP contribution in [0.4, 0.5) is 0 Å². The van der Waals surface area contributed by atoms with Crippen molar-refractivity contribution in [3.8, 4) is 0 Å². The molecule has 24 heavy (non-hydrogen) atoms. The lowest BCUT2D eigenvalue weighted by Crippen LogP contribution is -2.19. The Bertz CT molecular complexity index is 1000. The van der Waals surface area contributed by atoms with Gasteiger partial charge in [0.05, 0.1) is 16.8 Å². The van der Waals surface area contributed by atoms with Crippen LogP contribution < -0.4 is 4.80 Å². The maximum absolute atomic E-state index is 12.5. The SMILES string of the molecule is CCOCCn1c(=NS(=O)(=O)c2cccs2)sc2cc(Cl)ccc21. The second kappa shape index (κ2) is 7.37. The molecule has 0 aliphatic heterocycles. The van der Waals surface area contributed by atoms with E-state index in [1.807, 2.05) is 23.6 Å². The van der Waals surface area contributed by atoms with Crippen molar-refractivity contribution in [1.82, 2.24) is 4.57 Å². The summed E-state index contributed by atoms with van der Waals surface area (Å²) in [6.45, 7) is 3.53. The van der Waals surface area contributed by atoms with E-state index in [0.717, 1.165) is 21.6 Å². The van der Waals surface area contributed by atoms with Crippen LogP contribution in [0.15, 0.2) is 44.3 Å². The fourth-order valence-electron chi connectivity index (χ4n) is 2.19. The average Bonchev–Trinajstić information content (AvgIpc) is 3.16. The second-order valence-electron chi connectivity index (χ2n) is 4.84. The molecule has 3 rings (SSSR count). The van der Waals surface area contributed by atoms with Crippen LogP contribution in [0.2, 0.25) is 5.02 Å². The topological polar surface area (TPSA) is 60.7 Å². The number of rotatable bonds is 6. The Kier molecular flexibility index (Phi) is 5.41. The molecule has 128 valence electrons. The van der Waals surface area contributed by atoms with Crippen LogP contribution >= 0.6 is 34.3 Å². The molecule has 0 N–H and O–H groups in total. The number of halogens is 1. The summed E-state index contributed by atoms with van der Waals surface area (Å²) < 4.78 is 37.4. The number of thiophene rings is 1. The molecule has 9 heteroatoms. The van der Waals surface area contributed by atoms with E-state index >= 15 is 0 Å². The number of aromatic nitrogens is 1. The van der Waals surface area contributed by atoms with E-state index in [0.29, 0.717) is 29.6 Å². The predicted molar refractivity (Wildman–Crippen MR) is 98.4 cm³/mol. The molecule has 2 heterocycles. The van der Waals surface area contributed by atoms with E-state index in [9.17, 15) is 8.42 Å². The summed E-state index contributed by atoms with van der Waals surface area (Å²) in [6, 6.07) is 8.72. The van der Waals surface area contributed by atoms with E-state index < -0.39 is 10.0 Å². The molecule has 5 nitrogen and oxygen atoms in total. The standard InChI is InChI=1S/C15H15ClN2O3S3/c1-2-21-8-7-18-12-6-5-11(16)10-13(12)23-15(18)17-24(19,20)14-4-3-9-22-14/h3-6,9-10H,2,7-8H2,1H3. The first-order valence-electron chi connectivity index (χ1n) is 7.22. The molecule has 3 aromatic rings. The van der Waals surface area contributed by atoms with Crippen molar-refractivity contribution in [2.45, 2.75) is 17.7 Å². The number of sulfonamides is 1. The smallest absolute Gasteiger partial charge is 0.294 e. The molecule has 0 unspecified atom stereocenters. The Balaban J connectivity index is 2.15. The lowest BCUT2D eigenvalue weighted by Gasteiger charge is -2.05. The van der Waals surface area contributed by atoms with Gasteiger partial charge in [-0.25, -0.2) is 0 Å². The Morgan fingerprint density at radius 1 is 1.33 bits per heavy atom. The minimum absolute atomic E-state index is 0.231. The molecule has 0 amide bonds. The van der Waals surface area contributed by atoms with Crippen LogP contribution in [0.5, 0.6) is 0 Å². The number of nitrogens with zero attached hydrogens (tertiary/aromatic N) is 2. The molecule has 0 aliphatic rings. The highest BCUT2D eigenvalue weighted by Gasteiger charge is 2.15. The monoisotopic (exact) mass is 402 g/mol. The Labute approximate surface area is 152 Å². The highest BCUT2D eigenvalue weighted by molar-refractivity contribution is 7.92. The fourth-order valence-corrected chi connectivity index (χ4v) is 5.69. The summed E-state index contributed by atoms with van der Waals surface area (Å²) in [4.78, 5) is 0.417. The molecule has 0 atom stereocenters. The van der Waals surface area contributed by atoms with Gasteiger partial charge in [0.1, 0.15) is 4.21 Å². The molecule has 1 aromatic carbocycles. The number of benzene rings is 1. The number of hydrogen-bond donors (Lipinski definition) is 0. The van der Waals surface area contributed by atoms with Crippen LogP contribution in [0, 0.1) is 0 Å². The lowest BCUT2D eigenvalue weighted by atomic mass is 10.3. The van der Waals surface area contributed by atoms with Gasteiger partial charge in [-0.15, -0.1) is 15.7 Å². The normalized spacial score (nSPS) is 13.0. The molecule has 0 bridgehead atoms. The summed E-state index contributed by atoms with van der Waals surface area (Å²) in [6.07, 6.45) is 0. The summed E-state index contributed by atoms with van der Waals surface area (Å²) >= 11 is 8.50. The summed E-state index contributed by atoms with van der Waals surface area (Å²) in [5.41, 5.74) is 0.893. The summed E-state index contributed by atoms with van der Waals surface area (Å²) in [7, 11) is -3.72. The van der Waals surface area contributed by atoms with Crippen LogP contribution in [-0.2, 0) is 21.3 Å². The number of ether oxygens (including phenoxy) is 1. The lowest BCUT2D eigenvalue weighted by molar-refractivity contribution is 0.139. The predicted octanol–water partition coefficient (Wildman–Crippen LogP) is 3.74. The fraction of sp³-hybridized carbons (Fsp3) is 0.267. The van der Waals surface area contributed by atoms with E-state index in [1.165, 1.54) is 11.3 Å². The van der Waals surface area contributed by atoms with Crippen LogP contribution in [0.3, 0.4) is 0 Å². The Hall–Kier alpha value is -1.19. The van der Waals surface area contributed by atoms with Crippen LogP contribution in [0.25, 0.3) is 10.2 Å². The van der Waals surface area contributed by atoms with Crippen molar-refractivity contribution in [2.24, 2.45) is 4.40 Å². The molecular formula is C15H15ClN2O3S3. The second-order valence-corrected chi connectivity index (χ2v) is 9.07. The van der Waals surface area contributed by atoms with Crippen molar-refractivity contribution in [3.63, 3.8) is 0 Å². The summed E-state index contributed by atoms with van der Waals surface area (Å²) in [5, 5.41) is 2.32. The van der Waals surface area contributed by atoms with Gasteiger partial charge in [-0.1, -0.05) is 29.0 Å². The van der Waals surface area contributed by atoms with Crippen molar-refractivity contribution >= 4 is 54.5 Å². The zero-order valence-electron chi connectivity index (χ0n) is 12.8. The van der Waals surface area contributed by atoms with Gasteiger partial charge >= 0.3 is 0 Å². The van der Waals surface area contributed by atoms with Crippen molar-refractivity contribution in [1.29, 1.82) is 0 Å². The van der Waals surface area contributed by atoms with E-state index in [-0.39, 0.29) is 4.21 Å². The number of fused-ring (bicyclic) bond motifs is 1. The first kappa shape index (κ1) is 17.6. The first-order chi connectivity index (χ1) is 11.5. The van der Waals surface area contributed by atoms with Gasteiger partial charge in [0.25, 0.3) is 10.0 Å². The molecule has 0 spiro atoms. The number of thiazole rings is 1. The molecule has 0 saturated heterocycles. The maximum Gasteiger partial charge on any atom is 0.294 e. The molecular weight excluding hydrogens is 388 g/mol. The maximum atomic E-state index is 12.5. The Morgan fingerprint density at radius 3 is 2.88 bits per heavy atom. The van der Waals surface area contributed by atoms with Gasteiger partial charge in [-0.3, -0.25) is 0 Å². The third-order valence-electron chi connectivity index (χ3n) is 3.26. The van der Waals surface area contributed by atoms with Gasteiger partial charge in [0, 0.05) is 18.2 Å². The zero-order chi connectivity index (χ0) is 17.2. The average molecular weight is 403 g/mol. The van der Waals surface area contributed by atoms with Gasteiger partial charge in [0.2, 0.25) is 4.80 Å². The largest absolute Gasteiger partial charge is 0.380 e. The molecule has 0 fully saturated rings. The van der Waals surface area contributed by atoms with Crippen molar-refractivity contribution in [2.75, 3.05) is 13.2 Å². The molecule has 0 saturated carbocycles. The third kappa shape index (κ3) is 3.73. The third-order valence-corrected chi connectivity index (χ3v) is 7.29. The van der Waals surface area contributed by atoms with Gasteiger partial charge in [-0.05, 0) is 36.6 Å².